The number of unbranched alkanes of at least 4 members (excludes halogenated alkanes) is 1. The number of nitrogens with zero attached hydrogens (tertiary/aromatic N) is 2. The van der Waals surface area contributed by atoms with Gasteiger partial charge in [-0.2, -0.15) is 5.10 Å². The van der Waals surface area contributed by atoms with E-state index in [1.54, 1.807) is 6.92 Å². The van der Waals surface area contributed by atoms with E-state index in [1.807, 2.05) is 6.92 Å². The molecule has 0 saturated heterocycles. The number of rotatable bonds is 6. The predicted octanol–water partition coefficient (Wildman–Crippen LogP) is 1.41. The van der Waals surface area contributed by atoms with E-state index in [9.17, 15) is 14.9 Å². The monoisotopic (exact) mass is 240 g/mol. The lowest BCUT2D eigenvalue weighted by atomic mass is 10.2. The zero-order valence-corrected chi connectivity index (χ0v) is 9.95. The van der Waals surface area contributed by atoms with Crippen molar-refractivity contribution in [1.29, 1.82) is 0 Å². The van der Waals surface area contributed by atoms with Crippen LogP contribution in [0.15, 0.2) is 0 Å². The highest BCUT2D eigenvalue weighted by atomic mass is 16.6. The Bertz CT molecular complexity index is 414. The molecule has 1 rings (SSSR count). The van der Waals surface area contributed by atoms with Gasteiger partial charge < -0.3 is 5.32 Å². The molecule has 0 unspecified atom stereocenters. The van der Waals surface area contributed by atoms with Gasteiger partial charge in [-0.1, -0.05) is 20.3 Å². The van der Waals surface area contributed by atoms with Crippen molar-refractivity contribution >= 4 is 11.6 Å². The lowest BCUT2D eigenvalue weighted by Crippen LogP contribution is -2.25. The molecular formula is C10H16N4O3. The van der Waals surface area contributed by atoms with Crippen molar-refractivity contribution in [3.05, 3.63) is 21.5 Å². The molecule has 1 aromatic heterocycles. The number of H-pyrrole nitrogens is 1. The van der Waals surface area contributed by atoms with Gasteiger partial charge in [0.1, 0.15) is 5.69 Å². The van der Waals surface area contributed by atoms with E-state index >= 15 is 0 Å². The highest BCUT2D eigenvalue weighted by Gasteiger charge is 2.27. The normalized spacial score (nSPS) is 10.2. The van der Waals surface area contributed by atoms with Crippen LogP contribution in [0.2, 0.25) is 0 Å². The maximum Gasteiger partial charge on any atom is 0.322 e. The molecule has 0 aromatic carbocycles. The van der Waals surface area contributed by atoms with Crippen molar-refractivity contribution < 1.29 is 9.72 Å². The summed E-state index contributed by atoms with van der Waals surface area (Å²) in [6.45, 7) is 4.26. The summed E-state index contributed by atoms with van der Waals surface area (Å²) in [4.78, 5) is 22.0. The van der Waals surface area contributed by atoms with E-state index in [-0.39, 0.29) is 11.4 Å². The molecule has 7 nitrogen and oxygen atoms in total. The molecule has 0 spiro atoms. The minimum absolute atomic E-state index is 0.136. The van der Waals surface area contributed by atoms with Gasteiger partial charge in [0, 0.05) is 6.54 Å². The van der Waals surface area contributed by atoms with Gasteiger partial charge in [-0.25, -0.2) is 0 Å². The van der Waals surface area contributed by atoms with Gasteiger partial charge in [0.15, 0.2) is 0 Å². The number of aromatic amines is 1. The second kappa shape index (κ2) is 5.97. The number of aromatic nitrogens is 2. The molecule has 94 valence electrons. The molecular weight excluding hydrogens is 224 g/mol. The van der Waals surface area contributed by atoms with Gasteiger partial charge >= 0.3 is 5.69 Å². The smallest absolute Gasteiger partial charge is 0.322 e. The molecule has 0 saturated carbocycles. The molecule has 0 radical (unpaired) electrons. The number of nitrogens with one attached hydrogen (secondary N) is 2. The first-order valence-electron chi connectivity index (χ1n) is 5.61. The van der Waals surface area contributed by atoms with Crippen molar-refractivity contribution in [3.63, 3.8) is 0 Å². The minimum Gasteiger partial charge on any atom is -0.350 e. The molecule has 1 aromatic rings. The molecule has 0 bridgehead atoms. The van der Waals surface area contributed by atoms with Gasteiger partial charge in [0.2, 0.25) is 5.69 Å². The molecule has 17 heavy (non-hydrogen) atoms. The van der Waals surface area contributed by atoms with Crippen LogP contribution in [0.5, 0.6) is 0 Å². The SMILES string of the molecule is CCCCNC(=O)c1n[nH]c(CC)c1[N+](=O)[O-]. The molecule has 2 N–H and O–H groups in total. The summed E-state index contributed by atoms with van der Waals surface area (Å²) in [6.07, 6.45) is 2.22. The largest absolute Gasteiger partial charge is 0.350 e. The van der Waals surface area contributed by atoms with Crippen molar-refractivity contribution in [2.75, 3.05) is 6.54 Å². The predicted molar refractivity (Wildman–Crippen MR) is 61.9 cm³/mol. The van der Waals surface area contributed by atoms with Crippen LogP contribution in [0.1, 0.15) is 42.9 Å². The Kier molecular flexibility index (Phi) is 4.62. The van der Waals surface area contributed by atoms with Crippen LogP contribution in [0.25, 0.3) is 0 Å². The fraction of sp³-hybridized carbons (Fsp3) is 0.600. The Morgan fingerprint density at radius 1 is 1.53 bits per heavy atom. The summed E-state index contributed by atoms with van der Waals surface area (Å²) in [5.41, 5.74) is 0.0140. The van der Waals surface area contributed by atoms with E-state index in [1.165, 1.54) is 0 Å². The molecule has 7 heteroatoms. The molecule has 0 atom stereocenters. The Balaban J connectivity index is 2.86. The van der Waals surface area contributed by atoms with E-state index in [2.05, 4.69) is 15.5 Å². The number of aryl methyl sites for hydroxylation is 1. The quantitative estimate of drug-likeness (QED) is 0.446. The summed E-state index contributed by atoms with van der Waals surface area (Å²) >= 11 is 0. The molecule has 1 heterocycles. The number of nitro groups is 1. The third kappa shape index (κ3) is 3.02. The Hall–Kier alpha value is -1.92. The van der Waals surface area contributed by atoms with Gasteiger partial charge in [0.05, 0.1) is 4.92 Å². The highest BCUT2D eigenvalue weighted by Crippen LogP contribution is 2.21. The summed E-state index contributed by atoms with van der Waals surface area (Å²) in [5, 5.41) is 19.7. The van der Waals surface area contributed by atoms with Crippen LogP contribution in [0.3, 0.4) is 0 Å². The summed E-state index contributed by atoms with van der Waals surface area (Å²) in [5.74, 6) is -0.499. The number of carbonyl (C=O) groups is 1. The zero-order chi connectivity index (χ0) is 12.8. The van der Waals surface area contributed by atoms with Gasteiger partial charge in [-0.05, 0) is 12.8 Å². The average molecular weight is 240 g/mol. The Labute approximate surface area is 98.7 Å². The number of amides is 1. The van der Waals surface area contributed by atoms with Crippen LogP contribution in [0, 0.1) is 10.1 Å². The summed E-state index contributed by atoms with van der Waals surface area (Å²) in [6, 6.07) is 0. The molecule has 0 aliphatic rings. The molecule has 0 aliphatic heterocycles. The molecule has 0 aliphatic carbocycles. The third-order valence-electron chi connectivity index (χ3n) is 2.38. The first-order chi connectivity index (χ1) is 8.11. The summed E-state index contributed by atoms with van der Waals surface area (Å²) in [7, 11) is 0. The fourth-order valence-electron chi connectivity index (χ4n) is 1.44. The number of hydrogen-bond donors (Lipinski definition) is 2. The van der Waals surface area contributed by atoms with Gasteiger partial charge in [0.25, 0.3) is 5.91 Å². The zero-order valence-electron chi connectivity index (χ0n) is 9.95. The number of carbonyl (C=O) groups excluding carboxylic acids is 1. The van der Waals surface area contributed by atoms with Crippen LogP contribution in [-0.4, -0.2) is 27.6 Å². The summed E-state index contributed by atoms with van der Waals surface area (Å²) < 4.78 is 0. The average Bonchev–Trinajstić information content (AvgIpc) is 2.72. The lowest BCUT2D eigenvalue weighted by molar-refractivity contribution is -0.385. The maximum absolute atomic E-state index is 11.7. The first kappa shape index (κ1) is 13.1. The van der Waals surface area contributed by atoms with Crippen molar-refractivity contribution in [1.82, 2.24) is 15.5 Å². The second-order valence-electron chi connectivity index (χ2n) is 3.62. The fourth-order valence-corrected chi connectivity index (χ4v) is 1.44. The van der Waals surface area contributed by atoms with Crippen LogP contribution in [0.4, 0.5) is 5.69 Å². The van der Waals surface area contributed by atoms with E-state index in [4.69, 9.17) is 0 Å². The number of hydrogen-bond acceptors (Lipinski definition) is 4. The van der Waals surface area contributed by atoms with Gasteiger partial charge in [-0.15, -0.1) is 0 Å². The van der Waals surface area contributed by atoms with E-state index in [0.717, 1.165) is 12.8 Å². The van der Waals surface area contributed by atoms with Crippen molar-refractivity contribution in [2.24, 2.45) is 0 Å². The first-order valence-corrected chi connectivity index (χ1v) is 5.61. The molecule has 0 fully saturated rings. The topological polar surface area (TPSA) is 101 Å². The maximum atomic E-state index is 11.7. The Morgan fingerprint density at radius 2 is 2.24 bits per heavy atom. The van der Waals surface area contributed by atoms with Crippen molar-refractivity contribution in [2.45, 2.75) is 33.1 Å². The van der Waals surface area contributed by atoms with E-state index < -0.39 is 10.8 Å². The lowest BCUT2D eigenvalue weighted by Gasteiger charge is -2.00. The molecule has 1 amide bonds. The Morgan fingerprint density at radius 3 is 2.76 bits per heavy atom. The van der Waals surface area contributed by atoms with Crippen LogP contribution >= 0.6 is 0 Å². The minimum atomic E-state index is -0.572. The van der Waals surface area contributed by atoms with Crippen LogP contribution < -0.4 is 5.32 Å². The third-order valence-corrected chi connectivity index (χ3v) is 2.38. The van der Waals surface area contributed by atoms with Crippen molar-refractivity contribution in [3.8, 4) is 0 Å². The van der Waals surface area contributed by atoms with Gasteiger partial charge in [-0.3, -0.25) is 20.0 Å². The highest BCUT2D eigenvalue weighted by molar-refractivity contribution is 5.96. The van der Waals surface area contributed by atoms with Crippen LogP contribution in [-0.2, 0) is 6.42 Å². The second-order valence-corrected chi connectivity index (χ2v) is 3.62. The van der Waals surface area contributed by atoms with E-state index in [0.29, 0.717) is 18.7 Å². The standard InChI is InChI=1S/C10H16N4O3/c1-3-5-6-11-10(15)8-9(14(16)17)7(4-2)12-13-8/h3-6H2,1-2H3,(H,11,15)(H,12,13).